The van der Waals surface area contributed by atoms with Crippen LogP contribution in [0.15, 0.2) is 27.5 Å². The number of nitrogens with one attached hydrogen (secondary N) is 2. The molecule has 1 aromatic carbocycles. The third kappa shape index (κ3) is 2.31. The summed E-state index contributed by atoms with van der Waals surface area (Å²) in [6, 6.07) is 5.59. The van der Waals surface area contributed by atoms with Gasteiger partial charge in [-0.05, 0) is 47.0 Å². The fourth-order valence-electron chi connectivity index (χ4n) is 2.30. The molecule has 0 atom stereocenters. The monoisotopic (exact) mass is 335 g/mol. The molecule has 0 amide bonds. The highest BCUT2D eigenvalue weighted by molar-refractivity contribution is 9.10. The summed E-state index contributed by atoms with van der Waals surface area (Å²) in [7, 11) is 1.61. The molecule has 0 spiro atoms. The minimum absolute atomic E-state index is 0.0656. The van der Waals surface area contributed by atoms with Crippen molar-refractivity contribution in [3.8, 4) is 17.1 Å². The third-order valence-electron chi connectivity index (χ3n) is 3.34. The summed E-state index contributed by atoms with van der Waals surface area (Å²) in [5.41, 5.74) is 1.52. The first-order chi connectivity index (χ1) is 9.69. The van der Waals surface area contributed by atoms with Crippen molar-refractivity contribution in [3.05, 3.63) is 38.6 Å². The molecule has 6 heteroatoms. The Bertz CT molecular complexity index is 712. The van der Waals surface area contributed by atoms with E-state index in [2.05, 4.69) is 31.2 Å². The average molecular weight is 336 g/mol. The fraction of sp³-hybridized carbons (Fsp3) is 0.286. The Labute approximate surface area is 124 Å². The van der Waals surface area contributed by atoms with E-state index in [4.69, 9.17) is 4.74 Å². The number of benzene rings is 1. The summed E-state index contributed by atoms with van der Waals surface area (Å²) in [6.45, 7) is 0.856. The Morgan fingerprint density at radius 1 is 1.40 bits per heavy atom. The van der Waals surface area contributed by atoms with E-state index in [1.165, 1.54) is 0 Å². The van der Waals surface area contributed by atoms with E-state index in [1.54, 1.807) is 7.11 Å². The van der Waals surface area contributed by atoms with Gasteiger partial charge in [0.05, 0.1) is 17.1 Å². The van der Waals surface area contributed by atoms with Crippen LogP contribution >= 0.6 is 15.9 Å². The maximum Gasteiger partial charge on any atom is 0.256 e. The quantitative estimate of drug-likeness (QED) is 0.885. The van der Waals surface area contributed by atoms with Gasteiger partial charge in [0.1, 0.15) is 17.4 Å². The van der Waals surface area contributed by atoms with Crippen LogP contribution in [0.25, 0.3) is 11.4 Å². The highest BCUT2D eigenvalue weighted by Crippen LogP contribution is 2.29. The average Bonchev–Trinajstić information content (AvgIpc) is 2.47. The van der Waals surface area contributed by atoms with Gasteiger partial charge < -0.3 is 15.0 Å². The van der Waals surface area contributed by atoms with E-state index in [1.807, 2.05) is 18.2 Å². The molecule has 2 N–H and O–H groups in total. The molecule has 2 aromatic rings. The second-order valence-corrected chi connectivity index (χ2v) is 5.48. The molecule has 1 aliphatic rings. The lowest BCUT2D eigenvalue weighted by atomic mass is 10.1. The van der Waals surface area contributed by atoms with Crippen molar-refractivity contribution in [1.82, 2.24) is 9.97 Å². The molecule has 0 aliphatic carbocycles. The number of hydrogen-bond acceptors (Lipinski definition) is 4. The number of nitrogens with zero attached hydrogens (tertiary/aromatic N) is 1. The molecule has 2 heterocycles. The van der Waals surface area contributed by atoms with Crippen molar-refractivity contribution in [2.75, 3.05) is 19.0 Å². The maximum atomic E-state index is 12.1. The minimum Gasteiger partial charge on any atom is -0.496 e. The summed E-state index contributed by atoms with van der Waals surface area (Å²) in [5.74, 6) is 2.00. The number of aromatic amines is 1. The zero-order valence-electron chi connectivity index (χ0n) is 11.0. The normalized spacial score (nSPS) is 13.5. The van der Waals surface area contributed by atoms with Gasteiger partial charge in [-0.25, -0.2) is 4.98 Å². The van der Waals surface area contributed by atoms with Crippen molar-refractivity contribution < 1.29 is 4.74 Å². The van der Waals surface area contributed by atoms with Gasteiger partial charge in [-0.15, -0.1) is 0 Å². The van der Waals surface area contributed by atoms with E-state index >= 15 is 0 Å². The molecule has 3 rings (SSSR count). The van der Waals surface area contributed by atoms with Gasteiger partial charge in [0.25, 0.3) is 5.56 Å². The van der Waals surface area contributed by atoms with Crippen LogP contribution < -0.4 is 15.6 Å². The Morgan fingerprint density at radius 2 is 2.25 bits per heavy atom. The first kappa shape index (κ1) is 13.2. The van der Waals surface area contributed by atoms with Crippen molar-refractivity contribution in [1.29, 1.82) is 0 Å². The number of methoxy groups -OCH3 is 1. The van der Waals surface area contributed by atoms with Crippen molar-refractivity contribution in [2.45, 2.75) is 12.8 Å². The number of aromatic nitrogens is 2. The lowest BCUT2D eigenvalue weighted by molar-refractivity contribution is 0.412. The van der Waals surface area contributed by atoms with Crippen LogP contribution in [0.5, 0.6) is 5.75 Å². The van der Waals surface area contributed by atoms with Crippen LogP contribution in [0.4, 0.5) is 5.82 Å². The number of fused-ring (bicyclic) bond motifs is 1. The van der Waals surface area contributed by atoms with Crippen molar-refractivity contribution in [2.24, 2.45) is 0 Å². The lowest BCUT2D eigenvalue weighted by Crippen LogP contribution is -2.24. The fourth-order valence-corrected chi connectivity index (χ4v) is 2.84. The van der Waals surface area contributed by atoms with Gasteiger partial charge in [-0.3, -0.25) is 4.79 Å². The Morgan fingerprint density at radius 3 is 3.00 bits per heavy atom. The number of ether oxygens (including phenoxy) is 1. The molecule has 1 aromatic heterocycles. The van der Waals surface area contributed by atoms with Crippen LogP contribution in [-0.2, 0) is 6.42 Å². The van der Waals surface area contributed by atoms with E-state index in [9.17, 15) is 4.79 Å². The van der Waals surface area contributed by atoms with E-state index in [0.29, 0.717) is 11.6 Å². The zero-order chi connectivity index (χ0) is 14.1. The third-order valence-corrected chi connectivity index (χ3v) is 3.96. The number of anilines is 1. The van der Waals surface area contributed by atoms with E-state index < -0.39 is 0 Å². The smallest absolute Gasteiger partial charge is 0.256 e. The van der Waals surface area contributed by atoms with Crippen LogP contribution in [-0.4, -0.2) is 23.6 Å². The summed E-state index contributed by atoms with van der Waals surface area (Å²) in [4.78, 5) is 19.5. The van der Waals surface area contributed by atoms with Gasteiger partial charge >= 0.3 is 0 Å². The first-order valence-corrected chi connectivity index (χ1v) is 7.19. The van der Waals surface area contributed by atoms with Crippen LogP contribution in [0.2, 0.25) is 0 Å². The minimum atomic E-state index is -0.0656. The van der Waals surface area contributed by atoms with Gasteiger partial charge in [0.2, 0.25) is 0 Å². The zero-order valence-corrected chi connectivity index (χ0v) is 12.6. The molecule has 20 heavy (non-hydrogen) atoms. The standard InChI is InChI=1S/C14H14BrN3O2/c1-20-11-5-4-8(7-10(11)15)12-17-13-9(14(19)18-12)3-2-6-16-13/h4-5,7H,2-3,6H2,1H3,(H2,16,17,18,19). The van der Waals surface area contributed by atoms with Gasteiger partial charge in [-0.1, -0.05) is 0 Å². The molecule has 0 unspecified atom stereocenters. The second kappa shape index (κ2) is 5.28. The molecular formula is C14H14BrN3O2. The second-order valence-electron chi connectivity index (χ2n) is 4.62. The SMILES string of the molecule is COc1ccc(-c2nc3c(c(=O)[nH]2)CCCN3)cc1Br. The number of halogens is 1. The molecule has 0 saturated heterocycles. The summed E-state index contributed by atoms with van der Waals surface area (Å²) in [6.07, 6.45) is 1.74. The number of hydrogen-bond donors (Lipinski definition) is 2. The Kier molecular flexibility index (Phi) is 3.48. The molecule has 0 fully saturated rings. The van der Waals surface area contributed by atoms with Gasteiger partial charge in [-0.2, -0.15) is 0 Å². The molecule has 1 aliphatic heterocycles. The lowest BCUT2D eigenvalue weighted by Gasteiger charge is -2.16. The highest BCUT2D eigenvalue weighted by Gasteiger charge is 2.16. The number of rotatable bonds is 2. The molecular weight excluding hydrogens is 322 g/mol. The first-order valence-electron chi connectivity index (χ1n) is 6.40. The van der Waals surface area contributed by atoms with Crippen LogP contribution in [0.3, 0.4) is 0 Å². The summed E-state index contributed by atoms with van der Waals surface area (Å²) >= 11 is 3.44. The Balaban J connectivity index is 2.08. The topological polar surface area (TPSA) is 67.0 Å². The number of H-pyrrole nitrogens is 1. The Hall–Kier alpha value is -1.82. The maximum absolute atomic E-state index is 12.1. The van der Waals surface area contributed by atoms with Crippen LogP contribution in [0.1, 0.15) is 12.0 Å². The van der Waals surface area contributed by atoms with E-state index in [-0.39, 0.29) is 5.56 Å². The van der Waals surface area contributed by atoms with Gasteiger partial charge in [0.15, 0.2) is 0 Å². The van der Waals surface area contributed by atoms with Gasteiger partial charge in [0, 0.05) is 12.1 Å². The molecule has 5 nitrogen and oxygen atoms in total. The molecule has 0 radical (unpaired) electrons. The molecule has 0 bridgehead atoms. The van der Waals surface area contributed by atoms with Crippen molar-refractivity contribution >= 4 is 21.7 Å². The summed E-state index contributed by atoms with van der Waals surface area (Å²) in [5, 5.41) is 3.18. The summed E-state index contributed by atoms with van der Waals surface area (Å²) < 4.78 is 6.02. The predicted octanol–water partition coefficient (Wildman–Crippen LogP) is 2.57. The van der Waals surface area contributed by atoms with E-state index in [0.717, 1.165) is 40.7 Å². The molecule has 0 saturated carbocycles. The molecule has 104 valence electrons. The largest absolute Gasteiger partial charge is 0.496 e. The highest BCUT2D eigenvalue weighted by atomic mass is 79.9. The van der Waals surface area contributed by atoms with Crippen LogP contribution in [0, 0.1) is 0 Å². The van der Waals surface area contributed by atoms with Crippen molar-refractivity contribution in [3.63, 3.8) is 0 Å². The predicted molar refractivity (Wildman–Crippen MR) is 81.4 cm³/mol.